The van der Waals surface area contributed by atoms with E-state index in [4.69, 9.17) is 9.47 Å². The van der Waals surface area contributed by atoms with Gasteiger partial charge in [-0.3, -0.25) is 0 Å². The predicted molar refractivity (Wildman–Crippen MR) is 96.8 cm³/mol. The lowest BCUT2D eigenvalue weighted by atomic mass is 9.99. The van der Waals surface area contributed by atoms with E-state index >= 15 is 0 Å². The second-order valence-electron chi connectivity index (χ2n) is 6.90. The molecule has 0 aliphatic carbocycles. The number of β-amino-alcohol motifs (C(OH)–C–C–N with tert-alkyl or cyclic N) is 1. The van der Waals surface area contributed by atoms with Gasteiger partial charge in [-0.15, -0.1) is 0 Å². The summed E-state index contributed by atoms with van der Waals surface area (Å²) in [5, 5.41) is 13.6. The van der Waals surface area contributed by atoms with Crippen molar-refractivity contribution in [1.29, 1.82) is 0 Å². The van der Waals surface area contributed by atoms with Crippen LogP contribution in [0.3, 0.4) is 0 Å². The molecule has 0 saturated carbocycles. The molecule has 1 fully saturated rings. The number of benzene rings is 1. The Labute approximate surface area is 146 Å². The van der Waals surface area contributed by atoms with Gasteiger partial charge in [0.05, 0.1) is 20.3 Å². The number of nitrogens with zero attached hydrogens (tertiary/aromatic N) is 1. The highest BCUT2D eigenvalue weighted by Crippen LogP contribution is 2.30. The molecule has 1 saturated heterocycles. The molecule has 24 heavy (non-hydrogen) atoms. The maximum absolute atomic E-state index is 10.2. The third-order valence-corrected chi connectivity index (χ3v) is 4.88. The van der Waals surface area contributed by atoms with Crippen molar-refractivity contribution < 1.29 is 14.6 Å². The number of methoxy groups -OCH3 is 2. The van der Waals surface area contributed by atoms with Gasteiger partial charge < -0.3 is 24.8 Å². The van der Waals surface area contributed by atoms with Crippen molar-refractivity contribution in [2.24, 2.45) is 5.92 Å². The average molecular weight is 336 g/mol. The second kappa shape index (κ2) is 9.25. The van der Waals surface area contributed by atoms with Crippen LogP contribution in [0.2, 0.25) is 0 Å². The summed E-state index contributed by atoms with van der Waals surface area (Å²) in [5.74, 6) is 2.31. The topological polar surface area (TPSA) is 54.0 Å². The highest BCUT2D eigenvalue weighted by atomic mass is 16.5. The average Bonchev–Trinajstić information content (AvgIpc) is 2.58. The van der Waals surface area contributed by atoms with Crippen LogP contribution in [0.5, 0.6) is 11.5 Å². The number of aliphatic hydroxyl groups is 1. The Bertz CT molecular complexity index is 514. The Morgan fingerprint density at radius 1 is 1.21 bits per heavy atom. The van der Waals surface area contributed by atoms with Gasteiger partial charge in [-0.2, -0.15) is 0 Å². The molecular formula is C19H32N2O3. The normalized spacial score (nSPS) is 17.7. The Morgan fingerprint density at radius 3 is 2.46 bits per heavy atom. The lowest BCUT2D eigenvalue weighted by molar-refractivity contribution is 0.0906. The summed E-state index contributed by atoms with van der Waals surface area (Å²) in [5.41, 5.74) is 2.31. The Morgan fingerprint density at radius 2 is 1.83 bits per heavy atom. The van der Waals surface area contributed by atoms with Crippen LogP contribution < -0.4 is 14.8 Å². The van der Waals surface area contributed by atoms with Gasteiger partial charge in [0.25, 0.3) is 0 Å². The minimum atomic E-state index is -0.334. The summed E-state index contributed by atoms with van der Waals surface area (Å²) >= 11 is 0. The summed E-state index contributed by atoms with van der Waals surface area (Å²) in [6.07, 6.45) is 2.15. The minimum absolute atomic E-state index is 0.334. The Kier molecular flexibility index (Phi) is 7.34. The maximum Gasteiger partial charge on any atom is 0.161 e. The zero-order valence-electron chi connectivity index (χ0n) is 15.5. The van der Waals surface area contributed by atoms with Crippen LogP contribution in [0.4, 0.5) is 0 Å². The van der Waals surface area contributed by atoms with Crippen LogP contribution in [0.25, 0.3) is 0 Å². The Hall–Kier alpha value is -1.30. The minimum Gasteiger partial charge on any atom is -0.493 e. The third kappa shape index (κ3) is 5.36. The quantitative estimate of drug-likeness (QED) is 0.762. The molecule has 0 spiro atoms. The van der Waals surface area contributed by atoms with E-state index in [0.717, 1.165) is 48.2 Å². The van der Waals surface area contributed by atoms with E-state index in [0.29, 0.717) is 13.1 Å². The lowest BCUT2D eigenvalue weighted by Crippen LogP contribution is -2.41. The highest BCUT2D eigenvalue weighted by molar-refractivity contribution is 5.46. The molecule has 5 heteroatoms. The molecule has 0 bridgehead atoms. The first-order chi connectivity index (χ1) is 11.5. The number of piperidine rings is 1. The zero-order valence-corrected chi connectivity index (χ0v) is 15.5. The molecule has 2 N–H and O–H groups in total. The van der Waals surface area contributed by atoms with Gasteiger partial charge in [0.2, 0.25) is 0 Å². The van der Waals surface area contributed by atoms with Gasteiger partial charge in [0, 0.05) is 19.6 Å². The first-order valence-corrected chi connectivity index (χ1v) is 8.86. The van der Waals surface area contributed by atoms with Crippen LogP contribution in [0, 0.1) is 12.8 Å². The zero-order chi connectivity index (χ0) is 17.5. The molecule has 1 aromatic rings. The SMILES string of the molecule is COc1cc(C)c(CNCC(O)CN2CCC(C)CC2)cc1OC. The number of likely N-dealkylation sites (tertiary alicyclic amines) is 1. The summed E-state index contributed by atoms with van der Waals surface area (Å²) < 4.78 is 10.7. The number of aliphatic hydroxyl groups excluding tert-OH is 1. The van der Waals surface area contributed by atoms with Crippen molar-refractivity contribution in [3.05, 3.63) is 23.3 Å². The first-order valence-electron chi connectivity index (χ1n) is 8.86. The van der Waals surface area contributed by atoms with Gasteiger partial charge in [0.1, 0.15) is 0 Å². The predicted octanol–water partition coefficient (Wildman–Crippen LogP) is 2.19. The van der Waals surface area contributed by atoms with Gasteiger partial charge in [-0.25, -0.2) is 0 Å². The van der Waals surface area contributed by atoms with Gasteiger partial charge >= 0.3 is 0 Å². The van der Waals surface area contributed by atoms with E-state index in [1.807, 2.05) is 12.1 Å². The van der Waals surface area contributed by atoms with E-state index in [9.17, 15) is 5.11 Å². The van der Waals surface area contributed by atoms with Crippen molar-refractivity contribution in [2.45, 2.75) is 39.3 Å². The Balaban J connectivity index is 1.79. The van der Waals surface area contributed by atoms with Gasteiger partial charge in [0.15, 0.2) is 11.5 Å². The number of nitrogens with one attached hydrogen (secondary N) is 1. The standard InChI is InChI=1S/C19H32N2O3/c1-14-5-7-21(8-6-14)13-17(22)12-20-11-16-10-19(24-4)18(23-3)9-15(16)2/h9-10,14,17,20,22H,5-8,11-13H2,1-4H3. The van der Waals surface area contributed by atoms with Gasteiger partial charge in [-0.05, 0) is 62.0 Å². The van der Waals surface area contributed by atoms with E-state index in [1.54, 1.807) is 14.2 Å². The van der Waals surface area contributed by atoms with Crippen LogP contribution in [0.15, 0.2) is 12.1 Å². The summed E-state index contributed by atoms with van der Waals surface area (Å²) in [6, 6.07) is 3.99. The van der Waals surface area contributed by atoms with Crippen molar-refractivity contribution >= 4 is 0 Å². The lowest BCUT2D eigenvalue weighted by Gasteiger charge is -2.31. The summed E-state index contributed by atoms with van der Waals surface area (Å²) in [4.78, 5) is 2.37. The third-order valence-electron chi connectivity index (χ3n) is 4.88. The number of aryl methyl sites for hydroxylation is 1. The van der Waals surface area contributed by atoms with E-state index in [-0.39, 0.29) is 6.10 Å². The molecule has 1 aliphatic rings. The van der Waals surface area contributed by atoms with Crippen LogP contribution in [0.1, 0.15) is 30.9 Å². The largest absolute Gasteiger partial charge is 0.493 e. The maximum atomic E-state index is 10.2. The molecule has 136 valence electrons. The molecule has 1 unspecified atom stereocenters. The monoisotopic (exact) mass is 336 g/mol. The highest BCUT2D eigenvalue weighted by Gasteiger charge is 2.18. The van der Waals surface area contributed by atoms with Crippen molar-refractivity contribution in [3.8, 4) is 11.5 Å². The number of rotatable bonds is 8. The van der Waals surface area contributed by atoms with E-state index < -0.39 is 0 Å². The fraction of sp³-hybridized carbons (Fsp3) is 0.684. The van der Waals surface area contributed by atoms with Gasteiger partial charge in [-0.1, -0.05) is 6.92 Å². The first kappa shape index (κ1) is 19.0. The second-order valence-corrected chi connectivity index (χ2v) is 6.90. The number of hydrogen-bond acceptors (Lipinski definition) is 5. The molecule has 1 aliphatic heterocycles. The molecule has 0 amide bonds. The van der Waals surface area contributed by atoms with Crippen LogP contribution in [-0.4, -0.2) is 56.5 Å². The van der Waals surface area contributed by atoms with Crippen molar-refractivity contribution in [2.75, 3.05) is 40.4 Å². The molecule has 5 nitrogen and oxygen atoms in total. The molecule has 0 radical (unpaired) electrons. The van der Waals surface area contributed by atoms with Crippen molar-refractivity contribution in [1.82, 2.24) is 10.2 Å². The van der Waals surface area contributed by atoms with E-state index in [2.05, 4.69) is 24.1 Å². The molecule has 0 aromatic heterocycles. The van der Waals surface area contributed by atoms with Crippen LogP contribution >= 0.6 is 0 Å². The molecule has 1 atom stereocenters. The summed E-state index contributed by atoms with van der Waals surface area (Å²) in [6.45, 7) is 8.63. The molecular weight excluding hydrogens is 304 g/mol. The smallest absolute Gasteiger partial charge is 0.161 e. The van der Waals surface area contributed by atoms with Crippen molar-refractivity contribution in [3.63, 3.8) is 0 Å². The number of hydrogen-bond donors (Lipinski definition) is 2. The fourth-order valence-corrected chi connectivity index (χ4v) is 3.19. The molecule has 1 aromatic carbocycles. The van der Waals surface area contributed by atoms with Crippen LogP contribution in [-0.2, 0) is 6.54 Å². The summed E-state index contributed by atoms with van der Waals surface area (Å²) in [7, 11) is 3.29. The molecule has 2 rings (SSSR count). The molecule has 1 heterocycles. The number of ether oxygens (including phenoxy) is 2. The fourth-order valence-electron chi connectivity index (χ4n) is 3.19. The van der Waals surface area contributed by atoms with E-state index in [1.165, 1.54) is 12.8 Å².